The van der Waals surface area contributed by atoms with Crippen molar-refractivity contribution in [2.45, 2.75) is 50.3 Å². The highest BCUT2D eigenvalue weighted by atomic mass is 32.2. The molecule has 1 aromatic rings. The molecule has 23 heavy (non-hydrogen) atoms. The van der Waals surface area contributed by atoms with E-state index in [4.69, 9.17) is 0 Å². The predicted octanol–water partition coefficient (Wildman–Crippen LogP) is 4.16. The van der Waals surface area contributed by atoms with Gasteiger partial charge >= 0.3 is 0 Å². The second-order valence-electron chi connectivity index (χ2n) is 6.53. The van der Waals surface area contributed by atoms with Crippen LogP contribution in [0.4, 0.5) is 5.69 Å². The van der Waals surface area contributed by atoms with Crippen molar-refractivity contribution in [1.29, 1.82) is 0 Å². The van der Waals surface area contributed by atoms with Crippen molar-refractivity contribution >= 4 is 21.9 Å². The Morgan fingerprint density at radius 3 is 2.30 bits per heavy atom. The Morgan fingerprint density at radius 1 is 1.13 bits per heavy atom. The monoisotopic (exact) mass is 339 g/mol. The highest BCUT2D eigenvalue weighted by Crippen LogP contribution is 2.33. The minimum absolute atomic E-state index is 0.133. The van der Waals surface area contributed by atoms with Crippen LogP contribution < -0.4 is 4.48 Å². The molecule has 1 aromatic carbocycles. The van der Waals surface area contributed by atoms with Crippen LogP contribution in [-0.4, -0.2) is 33.6 Å². The number of rotatable bonds is 10. The van der Waals surface area contributed by atoms with E-state index in [-0.39, 0.29) is 4.90 Å². The lowest BCUT2D eigenvalue weighted by Crippen LogP contribution is -2.43. The first kappa shape index (κ1) is 19.9. The number of hydrogen-bond acceptors (Lipinski definition) is 3. The summed E-state index contributed by atoms with van der Waals surface area (Å²) in [6, 6.07) is 4.79. The van der Waals surface area contributed by atoms with Gasteiger partial charge in [-0.2, -0.15) is 0 Å². The van der Waals surface area contributed by atoms with Gasteiger partial charge in [-0.25, -0.2) is 8.42 Å². The summed E-state index contributed by atoms with van der Waals surface area (Å²) in [5.41, 5.74) is 1.25. The normalized spacial score (nSPS) is 12.3. The fourth-order valence-electron chi connectivity index (χ4n) is 2.95. The Balaban J connectivity index is 2.96. The minimum Gasteiger partial charge on any atom is -0.744 e. The third-order valence-corrected chi connectivity index (χ3v) is 5.06. The summed E-state index contributed by atoms with van der Waals surface area (Å²) in [6.45, 7) is 6.73. The van der Waals surface area contributed by atoms with Crippen LogP contribution in [0.5, 0.6) is 0 Å². The van der Waals surface area contributed by atoms with E-state index in [1.54, 1.807) is 18.2 Å². The molecule has 130 valence electrons. The summed E-state index contributed by atoms with van der Waals surface area (Å²) < 4.78 is 35.2. The Hall–Kier alpha value is -1.17. The molecule has 0 radical (unpaired) electrons. The number of quaternary nitrogens is 1. The zero-order chi connectivity index (χ0) is 17.5. The van der Waals surface area contributed by atoms with Crippen LogP contribution in [0.15, 0.2) is 29.7 Å². The SMILES string of the molecule is C=Cc1cccc(S(=O)(=O)[O-])c1[N+](C)(C)CCCCCCCC. The van der Waals surface area contributed by atoms with Gasteiger partial charge in [-0.1, -0.05) is 51.3 Å². The Morgan fingerprint density at radius 2 is 1.74 bits per heavy atom. The lowest BCUT2D eigenvalue weighted by Gasteiger charge is -2.33. The molecular formula is C18H29NO3S. The fourth-order valence-corrected chi connectivity index (χ4v) is 3.80. The zero-order valence-corrected chi connectivity index (χ0v) is 15.4. The highest BCUT2D eigenvalue weighted by molar-refractivity contribution is 7.86. The number of benzene rings is 1. The number of hydrogen-bond donors (Lipinski definition) is 0. The van der Waals surface area contributed by atoms with Gasteiger partial charge in [0.05, 0.1) is 20.6 Å². The van der Waals surface area contributed by atoms with Crippen molar-refractivity contribution in [1.82, 2.24) is 4.48 Å². The molecule has 0 aliphatic heterocycles. The quantitative estimate of drug-likeness (QED) is 0.365. The van der Waals surface area contributed by atoms with E-state index in [9.17, 15) is 13.0 Å². The van der Waals surface area contributed by atoms with Gasteiger partial charge in [0.2, 0.25) is 0 Å². The Bertz CT molecular complexity index is 621. The molecule has 0 atom stereocenters. The minimum atomic E-state index is -4.51. The molecule has 0 amide bonds. The van der Waals surface area contributed by atoms with Gasteiger partial charge in [-0.3, -0.25) is 4.48 Å². The van der Waals surface area contributed by atoms with E-state index < -0.39 is 10.1 Å². The van der Waals surface area contributed by atoms with Crippen molar-refractivity contribution in [2.75, 3.05) is 20.6 Å². The first-order chi connectivity index (χ1) is 10.7. The second-order valence-corrected chi connectivity index (χ2v) is 7.88. The van der Waals surface area contributed by atoms with Crippen LogP contribution in [0.2, 0.25) is 0 Å². The van der Waals surface area contributed by atoms with E-state index in [1.807, 2.05) is 14.1 Å². The molecule has 0 aliphatic carbocycles. The van der Waals surface area contributed by atoms with Gasteiger partial charge in [-0.15, -0.1) is 0 Å². The average molecular weight is 340 g/mol. The predicted molar refractivity (Wildman–Crippen MR) is 96.4 cm³/mol. The Labute approximate surface area is 141 Å². The van der Waals surface area contributed by atoms with Crippen molar-refractivity contribution in [2.24, 2.45) is 0 Å². The van der Waals surface area contributed by atoms with Crippen LogP contribution in [0.1, 0.15) is 51.0 Å². The maximum atomic E-state index is 11.6. The van der Waals surface area contributed by atoms with E-state index in [0.29, 0.717) is 15.7 Å². The molecule has 0 saturated heterocycles. The number of unbranched alkanes of at least 4 members (excludes halogenated alkanes) is 5. The molecule has 0 aromatic heterocycles. The van der Waals surface area contributed by atoms with Crippen LogP contribution in [0, 0.1) is 0 Å². The molecule has 0 fully saturated rings. The first-order valence-corrected chi connectivity index (χ1v) is 9.69. The lowest BCUT2D eigenvalue weighted by atomic mass is 10.1. The molecule has 0 spiro atoms. The van der Waals surface area contributed by atoms with Crippen molar-refractivity contribution in [3.8, 4) is 0 Å². The van der Waals surface area contributed by atoms with Crippen molar-refractivity contribution in [3.63, 3.8) is 0 Å². The topological polar surface area (TPSA) is 57.2 Å². The smallest absolute Gasteiger partial charge is 0.157 e. The molecule has 0 N–H and O–H groups in total. The van der Waals surface area contributed by atoms with E-state index in [0.717, 1.165) is 19.4 Å². The van der Waals surface area contributed by atoms with Crippen molar-refractivity contribution < 1.29 is 13.0 Å². The van der Waals surface area contributed by atoms with Crippen molar-refractivity contribution in [3.05, 3.63) is 30.3 Å². The fraction of sp³-hybridized carbons (Fsp3) is 0.556. The van der Waals surface area contributed by atoms with Crippen LogP contribution in [0.3, 0.4) is 0 Å². The number of nitrogens with zero attached hydrogens (tertiary/aromatic N) is 1. The Kier molecular flexibility index (Phi) is 7.45. The number of para-hydroxylation sites is 1. The third-order valence-electron chi connectivity index (χ3n) is 4.20. The molecule has 5 heteroatoms. The summed E-state index contributed by atoms with van der Waals surface area (Å²) in [6.07, 6.45) is 8.66. The maximum Gasteiger partial charge on any atom is 0.157 e. The van der Waals surface area contributed by atoms with E-state index >= 15 is 0 Å². The molecular weight excluding hydrogens is 310 g/mol. The van der Waals surface area contributed by atoms with Crippen LogP contribution in [0.25, 0.3) is 6.08 Å². The molecule has 0 heterocycles. The van der Waals surface area contributed by atoms with Crippen LogP contribution in [-0.2, 0) is 10.1 Å². The summed E-state index contributed by atoms with van der Waals surface area (Å²) >= 11 is 0. The summed E-state index contributed by atoms with van der Waals surface area (Å²) in [5, 5.41) is 0. The molecule has 0 bridgehead atoms. The molecule has 0 unspecified atom stereocenters. The van der Waals surface area contributed by atoms with Gasteiger partial charge in [0, 0.05) is 5.56 Å². The van der Waals surface area contributed by atoms with Gasteiger partial charge in [-0.05, 0) is 25.0 Å². The van der Waals surface area contributed by atoms with Gasteiger partial charge in [0.1, 0.15) is 15.0 Å². The third kappa shape index (κ3) is 5.75. The van der Waals surface area contributed by atoms with Gasteiger partial charge < -0.3 is 4.55 Å². The van der Waals surface area contributed by atoms with E-state index in [2.05, 4.69) is 13.5 Å². The molecule has 1 rings (SSSR count). The van der Waals surface area contributed by atoms with Gasteiger partial charge in [0.25, 0.3) is 0 Å². The first-order valence-electron chi connectivity index (χ1n) is 8.29. The lowest BCUT2D eigenvalue weighted by molar-refractivity contribution is 0.372. The highest BCUT2D eigenvalue weighted by Gasteiger charge is 2.27. The zero-order valence-electron chi connectivity index (χ0n) is 14.5. The molecule has 0 saturated carbocycles. The molecule has 4 nitrogen and oxygen atoms in total. The second kappa shape index (κ2) is 8.62. The summed E-state index contributed by atoms with van der Waals surface area (Å²) in [5.74, 6) is 0. The van der Waals surface area contributed by atoms with Crippen LogP contribution >= 0.6 is 0 Å². The molecule has 0 aliphatic rings. The standard InChI is InChI=1S/C18H29NO3S/c1-5-7-8-9-10-11-15-19(3,4)18-16(6-2)13-12-14-17(18)23(20,21)22/h6,12-14H,2,5,7-11,15H2,1,3-4H3. The van der Waals surface area contributed by atoms with E-state index in [1.165, 1.54) is 31.7 Å². The van der Waals surface area contributed by atoms with Gasteiger partial charge in [0.15, 0.2) is 5.69 Å². The summed E-state index contributed by atoms with van der Waals surface area (Å²) in [4.78, 5) is -0.133. The largest absolute Gasteiger partial charge is 0.744 e. The average Bonchev–Trinajstić information content (AvgIpc) is 2.49. The maximum absolute atomic E-state index is 11.6. The summed E-state index contributed by atoms with van der Waals surface area (Å²) in [7, 11) is -0.610.